The predicted molar refractivity (Wildman–Crippen MR) is 74.2 cm³/mol. The number of nitrogens with one attached hydrogen (secondary N) is 1. The molecule has 19 heavy (non-hydrogen) atoms. The zero-order valence-corrected chi connectivity index (χ0v) is 11.5. The highest BCUT2D eigenvalue weighted by Crippen LogP contribution is 2.22. The third-order valence-corrected chi connectivity index (χ3v) is 3.10. The number of benzene rings is 1. The van der Waals surface area contributed by atoms with Gasteiger partial charge in [-0.1, -0.05) is 17.7 Å². The quantitative estimate of drug-likeness (QED) is 0.822. The van der Waals surface area contributed by atoms with E-state index in [0.717, 1.165) is 17.3 Å². The lowest BCUT2D eigenvalue weighted by atomic mass is 10.2. The second-order valence-electron chi connectivity index (χ2n) is 4.17. The maximum absolute atomic E-state index is 11.8. The molecule has 1 heterocycles. The summed E-state index contributed by atoms with van der Waals surface area (Å²) in [5.74, 6) is -0.0684. The van der Waals surface area contributed by atoms with Gasteiger partial charge in [0.1, 0.15) is 6.54 Å². The summed E-state index contributed by atoms with van der Waals surface area (Å²) in [4.78, 5) is 11.8. The normalized spacial score (nSPS) is 10.8. The summed E-state index contributed by atoms with van der Waals surface area (Å²) in [6.45, 7) is 1.43. The smallest absolute Gasteiger partial charge is 0.241 e. The van der Waals surface area contributed by atoms with Crippen molar-refractivity contribution in [3.8, 4) is 0 Å². The highest BCUT2D eigenvalue weighted by Gasteiger charge is 2.08. The maximum Gasteiger partial charge on any atom is 0.241 e. The summed E-state index contributed by atoms with van der Waals surface area (Å²) in [5, 5.41) is 8.51. The van der Waals surface area contributed by atoms with Gasteiger partial charge in [-0.25, -0.2) is 0 Å². The van der Waals surface area contributed by atoms with Gasteiger partial charge in [-0.3, -0.25) is 9.48 Å². The molecule has 0 aliphatic heterocycles. The summed E-state index contributed by atoms with van der Waals surface area (Å²) < 4.78 is 6.56. The van der Waals surface area contributed by atoms with E-state index in [4.69, 9.17) is 16.3 Å². The molecular formula is C13H16ClN3O2. The number of carbonyl (C=O) groups is 1. The number of methoxy groups -OCH3 is 1. The topological polar surface area (TPSA) is 56.1 Å². The van der Waals surface area contributed by atoms with Crippen LogP contribution in [0.15, 0.2) is 24.4 Å². The van der Waals surface area contributed by atoms with E-state index in [-0.39, 0.29) is 12.5 Å². The summed E-state index contributed by atoms with van der Waals surface area (Å²) in [5.41, 5.74) is 0.861. The molecule has 1 aromatic heterocycles. The molecule has 0 saturated heterocycles. The molecule has 1 amide bonds. The Bertz CT molecular complexity index is 568. The average Bonchev–Trinajstić information content (AvgIpc) is 2.80. The molecule has 2 rings (SSSR count). The molecule has 0 fully saturated rings. The van der Waals surface area contributed by atoms with Crippen LogP contribution in [0.25, 0.3) is 10.9 Å². The molecule has 2 aromatic rings. The van der Waals surface area contributed by atoms with Crippen LogP contribution >= 0.6 is 11.6 Å². The number of aromatic nitrogens is 2. The van der Waals surface area contributed by atoms with E-state index < -0.39 is 0 Å². The minimum absolute atomic E-state index is 0.0684. The molecular weight excluding hydrogens is 266 g/mol. The van der Waals surface area contributed by atoms with Crippen molar-refractivity contribution in [2.75, 3.05) is 20.3 Å². The number of carbonyl (C=O) groups excluding carboxylic acids is 1. The molecule has 6 heteroatoms. The van der Waals surface area contributed by atoms with Crippen molar-refractivity contribution in [3.05, 3.63) is 29.4 Å². The fourth-order valence-electron chi connectivity index (χ4n) is 1.83. The van der Waals surface area contributed by atoms with Gasteiger partial charge in [0.05, 0.1) is 16.7 Å². The zero-order valence-electron chi connectivity index (χ0n) is 10.7. The maximum atomic E-state index is 11.8. The minimum atomic E-state index is -0.0684. The Morgan fingerprint density at radius 3 is 3.16 bits per heavy atom. The molecule has 0 saturated carbocycles. The first-order chi connectivity index (χ1) is 9.22. The van der Waals surface area contributed by atoms with E-state index in [9.17, 15) is 4.79 Å². The van der Waals surface area contributed by atoms with Crippen LogP contribution in [0.1, 0.15) is 6.42 Å². The van der Waals surface area contributed by atoms with Crippen LogP contribution in [0.3, 0.4) is 0 Å². The number of hydrogen-bond acceptors (Lipinski definition) is 3. The van der Waals surface area contributed by atoms with Crippen LogP contribution in [0, 0.1) is 0 Å². The SMILES string of the molecule is COCCCNC(=O)Cn1ncc2c(Cl)cccc21. The van der Waals surface area contributed by atoms with Crippen molar-refractivity contribution in [1.29, 1.82) is 0 Å². The lowest BCUT2D eigenvalue weighted by molar-refractivity contribution is -0.121. The summed E-state index contributed by atoms with van der Waals surface area (Å²) >= 11 is 6.06. The summed E-state index contributed by atoms with van der Waals surface area (Å²) in [7, 11) is 1.64. The molecule has 0 spiro atoms. The van der Waals surface area contributed by atoms with Crippen molar-refractivity contribution < 1.29 is 9.53 Å². The first kappa shape index (κ1) is 13.8. The van der Waals surface area contributed by atoms with E-state index in [1.807, 2.05) is 12.1 Å². The highest BCUT2D eigenvalue weighted by molar-refractivity contribution is 6.35. The molecule has 1 N–H and O–H groups in total. The van der Waals surface area contributed by atoms with Gasteiger partial charge in [-0.05, 0) is 18.6 Å². The average molecular weight is 282 g/mol. The van der Waals surface area contributed by atoms with E-state index in [2.05, 4.69) is 10.4 Å². The van der Waals surface area contributed by atoms with E-state index in [1.165, 1.54) is 0 Å². The Morgan fingerprint density at radius 1 is 1.53 bits per heavy atom. The lowest BCUT2D eigenvalue weighted by Gasteiger charge is -2.06. The molecule has 0 atom stereocenters. The van der Waals surface area contributed by atoms with E-state index >= 15 is 0 Å². The van der Waals surface area contributed by atoms with Gasteiger partial charge in [0.2, 0.25) is 5.91 Å². The van der Waals surface area contributed by atoms with Gasteiger partial charge in [0.25, 0.3) is 0 Å². The first-order valence-corrected chi connectivity index (χ1v) is 6.46. The fraction of sp³-hybridized carbons (Fsp3) is 0.385. The van der Waals surface area contributed by atoms with Crippen molar-refractivity contribution in [2.24, 2.45) is 0 Å². The predicted octanol–water partition coefficient (Wildman–Crippen LogP) is 1.84. The standard InChI is InChI=1S/C13H16ClN3O2/c1-19-7-3-6-15-13(18)9-17-12-5-2-4-11(14)10(12)8-16-17/h2,4-5,8H,3,6-7,9H2,1H3,(H,15,18). The number of halogens is 1. The highest BCUT2D eigenvalue weighted by atomic mass is 35.5. The largest absolute Gasteiger partial charge is 0.385 e. The number of rotatable bonds is 6. The van der Waals surface area contributed by atoms with Crippen LogP contribution in [-0.4, -0.2) is 35.9 Å². The van der Waals surface area contributed by atoms with Crippen molar-refractivity contribution in [2.45, 2.75) is 13.0 Å². The molecule has 0 radical (unpaired) electrons. The number of ether oxygens (including phenoxy) is 1. The van der Waals surface area contributed by atoms with Gasteiger partial charge in [0.15, 0.2) is 0 Å². The Morgan fingerprint density at radius 2 is 2.37 bits per heavy atom. The third kappa shape index (κ3) is 3.45. The fourth-order valence-corrected chi connectivity index (χ4v) is 2.05. The second-order valence-corrected chi connectivity index (χ2v) is 4.58. The Kier molecular flexibility index (Phi) is 4.76. The molecule has 5 nitrogen and oxygen atoms in total. The molecule has 0 aliphatic carbocycles. The van der Waals surface area contributed by atoms with E-state index in [1.54, 1.807) is 24.1 Å². The lowest BCUT2D eigenvalue weighted by Crippen LogP contribution is -2.29. The molecule has 0 aliphatic rings. The van der Waals surface area contributed by atoms with Gasteiger partial charge >= 0.3 is 0 Å². The van der Waals surface area contributed by atoms with Gasteiger partial charge in [0, 0.05) is 25.6 Å². The molecule has 0 unspecified atom stereocenters. The van der Waals surface area contributed by atoms with Crippen molar-refractivity contribution >= 4 is 28.4 Å². The molecule has 0 bridgehead atoms. The van der Waals surface area contributed by atoms with Crippen LogP contribution in [0.2, 0.25) is 5.02 Å². The number of hydrogen-bond donors (Lipinski definition) is 1. The summed E-state index contributed by atoms with van der Waals surface area (Å²) in [6, 6.07) is 5.55. The van der Waals surface area contributed by atoms with Crippen molar-refractivity contribution in [3.63, 3.8) is 0 Å². The van der Waals surface area contributed by atoms with Crippen LogP contribution < -0.4 is 5.32 Å². The molecule has 102 valence electrons. The Hall–Kier alpha value is -1.59. The number of fused-ring (bicyclic) bond motifs is 1. The van der Waals surface area contributed by atoms with Crippen molar-refractivity contribution in [1.82, 2.24) is 15.1 Å². The second kappa shape index (κ2) is 6.54. The number of nitrogens with zero attached hydrogens (tertiary/aromatic N) is 2. The zero-order chi connectivity index (χ0) is 13.7. The Balaban J connectivity index is 1.98. The van der Waals surface area contributed by atoms with Crippen LogP contribution in [-0.2, 0) is 16.1 Å². The monoisotopic (exact) mass is 281 g/mol. The third-order valence-electron chi connectivity index (χ3n) is 2.77. The Labute approximate surface area is 116 Å². The number of amides is 1. The molecule has 1 aromatic carbocycles. The first-order valence-electron chi connectivity index (χ1n) is 6.08. The van der Waals surface area contributed by atoms with Crippen LogP contribution in [0.5, 0.6) is 0 Å². The van der Waals surface area contributed by atoms with Gasteiger partial charge in [-0.15, -0.1) is 0 Å². The van der Waals surface area contributed by atoms with Gasteiger partial charge < -0.3 is 10.1 Å². The summed E-state index contributed by atoms with van der Waals surface area (Å²) in [6.07, 6.45) is 2.48. The van der Waals surface area contributed by atoms with E-state index in [0.29, 0.717) is 18.2 Å². The minimum Gasteiger partial charge on any atom is -0.385 e. The van der Waals surface area contributed by atoms with Gasteiger partial charge in [-0.2, -0.15) is 5.10 Å². The van der Waals surface area contributed by atoms with Crippen LogP contribution in [0.4, 0.5) is 0 Å².